The first-order chi connectivity index (χ1) is 12.7. The standard InChI is InChI=1S/C24H16S2/c1-13-3-5-17-21(11-13)25-19-9-7-16-15(23(17)19)8-10-20-24(16)18-6-4-14(2)12-22(18)26-20/h3-12H,1-2H3. The molecule has 0 nitrogen and oxygen atoms in total. The summed E-state index contributed by atoms with van der Waals surface area (Å²) in [7, 11) is 0. The van der Waals surface area contributed by atoms with Crippen LogP contribution >= 0.6 is 22.7 Å². The van der Waals surface area contributed by atoms with Crippen LogP contribution in [0.1, 0.15) is 11.1 Å². The van der Waals surface area contributed by atoms with Crippen molar-refractivity contribution in [1.29, 1.82) is 0 Å². The lowest BCUT2D eigenvalue weighted by molar-refractivity contribution is 1.52. The van der Waals surface area contributed by atoms with Crippen molar-refractivity contribution in [2.75, 3.05) is 0 Å². The van der Waals surface area contributed by atoms with Gasteiger partial charge in [0.2, 0.25) is 0 Å². The van der Waals surface area contributed by atoms with Gasteiger partial charge in [0.25, 0.3) is 0 Å². The van der Waals surface area contributed by atoms with Crippen LogP contribution in [0, 0.1) is 13.8 Å². The molecule has 0 atom stereocenters. The molecule has 0 aliphatic carbocycles. The largest absolute Gasteiger partial charge is 0.135 e. The zero-order valence-corrected chi connectivity index (χ0v) is 16.2. The summed E-state index contributed by atoms with van der Waals surface area (Å²) in [5.74, 6) is 0. The van der Waals surface area contributed by atoms with Crippen LogP contribution in [-0.2, 0) is 0 Å². The molecular weight excluding hydrogens is 352 g/mol. The molecule has 0 unspecified atom stereocenters. The summed E-state index contributed by atoms with van der Waals surface area (Å²) in [6.45, 7) is 4.34. The number of thiophene rings is 2. The highest BCUT2D eigenvalue weighted by Gasteiger charge is 2.13. The predicted molar refractivity (Wildman–Crippen MR) is 119 cm³/mol. The Hall–Kier alpha value is -2.42. The highest BCUT2D eigenvalue weighted by molar-refractivity contribution is 7.26. The third kappa shape index (κ3) is 1.89. The van der Waals surface area contributed by atoms with E-state index in [1.807, 2.05) is 22.7 Å². The van der Waals surface area contributed by atoms with E-state index < -0.39 is 0 Å². The average Bonchev–Trinajstić information content (AvgIpc) is 3.17. The zero-order chi connectivity index (χ0) is 17.4. The minimum absolute atomic E-state index is 1.33. The van der Waals surface area contributed by atoms with Crippen LogP contribution in [0.3, 0.4) is 0 Å². The molecule has 6 rings (SSSR count). The summed E-state index contributed by atoms with van der Waals surface area (Å²) < 4.78 is 5.54. The molecule has 0 aliphatic rings. The summed E-state index contributed by atoms with van der Waals surface area (Å²) in [4.78, 5) is 0. The van der Waals surface area contributed by atoms with Crippen LogP contribution in [0.25, 0.3) is 51.1 Å². The topological polar surface area (TPSA) is 0 Å². The van der Waals surface area contributed by atoms with E-state index in [1.54, 1.807) is 0 Å². The third-order valence-electron chi connectivity index (χ3n) is 5.38. The van der Waals surface area contributed by atoms with Crippen molar-refractivity contribution < 1.29 is 0 Å². The molecule has 2 heterocycles. The maximum absolute atomic E-state index is 2.33. The predicted octanol–water partition coefficient (Wildman–Crippen LogP) is 8.19. The van der Waals surface area contributed by atoms with E-state index in [4.69, 9.17) is 0 Å². The summed E-state index contributed by atoms with van der Waals surface area (Å²) >= 11 is 3.81. The van der Waals surface area contributed by atoms with Crippen molar-refractivity contribution in [2.45, 2.75) is 13.8 Å². The number of hydrogen-bond acceptors (Lipinski definition) is 2. The molecule has 0 saturated carbocycles. The first kappa shape index (κ1) is 14.7. The van der Waals surface area contributed by atoms with Gasteiger partial charge in [0, 0.05) is 40.3 Å². The fraction of sp³-hybridized carbons (Fsp3) is 0.0833. The van der Waals surface area contributed by atoms with Gasteiger partial charge in [-0.05, 0) is 60.0 Å². The van der Waals surface area contributed by atoms with Gasteiger partial charge in [-0.25, -0.2) is 0 Å². The molecule has 0 amide bonds. The molecule has 0 saturated heterocycles. The molecule has 26 heavy (non-hydrogen) atoms. The van der Waals surface area contributed by atoms with Crippen LogP contribution in [0.2, 0.25) is 0 Å². The number of rotatable bonds is 0. The summed E-state index contributed by atoms with van der Waals surface area (Å²) in [6, 6.07) is 23.0. The zero-order valence-electron chi connectivity index (χ0n) is 14.6. The molecule has 0 fully saturated rings. The van der Waals surface area contributed by atoms with Crippen molar-refractivity contribution in [2.24, 2.45) is 0 Å². The Kier molecular flexibility index (Phi) is 2.87. The lowest BCUT2D eigenvalue weighted by Crippen LogP contribution is -1.77. The highest BCUT2D eigenvalue weighted by Crippen LogP contribution is 2.44. The van der Waals surface area contributed by atoms with Gasteiger partial charge in [0.15, 0.2) is 0 Å². The van der Waals surface area contributed by atoms with E-state index in [1.165, 1.54) is 62.2 Å². The van der Waals surface area contributed by atoms with E-state index in [2.05, 4.69) is 74.5 Å². The van der Waals surface area contributed by atoms with Crippen molar-refractivity contribution >= 4 is 73.8 Å². The number of benzene rings is 4. The number of fused-ring (bicyclic) bond motifs is 9. The second-order valence-corrected chi connectivity index (χ2v) is 9.34. The van der Waals surface area contributed by atoms with E-state index in [9.17, 15) is 0 Å². The molecule has 124 valence electrons. The van der Waals surface area contributed by atoms with Crippen molar-refractivity contribution in [1.82, 2.24) is 0 Å². The Morgan fingerprint density at radius 1 is 0.462 bits per heavy atom. The maximum atomic E-state index is 2.33. The van der Waals surface area contributed by atoms with Gasteiger partial charge in [0.1, 0.15) is 0 Å². The SMILES string of the molecule is Cc1ccc2c(c1)sc1ccc3c(ccc4sc5cc(C)ccc5c43)c12. The monoisotopic (exact) mass is 368 g/mol. The van der Waals surface area contributed by atoms with Gasteiger partial charge in [-0.2, -0.15) is 0 Å². The van der Waals surface area contributed by atoms with Crippen LogP contribution in [0.5, 0.6) is 0 Å². The minimum Gasteiger partial charge on any atom is -0.135 e. The van der Waals surface area contributed by atoms with Crippen molar-refractivity contribution in [3.63, 3.8) is 0 Å². The third-order valence-corrected chi connectivity index (χ3v) is 7.61. The Labute approximate surface area is 159 Å². The summed E-state index contributed by atoms with van der Waals surface area (Å²) in [6.07, 6.45) is 0. The minimum atomic E-state index is 1.33. The van der Waals surface area contributed by atoms with Gasteiger partial charge in [-0.15, -0.1) is 22.7 Å². The first-order valence-corrected chi connectivity index (χ1v) is 10.5. The molecule has 0 aliphatic heterocycles. The van der Waals surface area contributed by atoms with Gasteiger partial charge >= 0.3 is 0 Å². The second-order valence-electron chi connectivity index (χ2n) is 7.18. The van der Waals surface area contributed by atoms with E-state index in [-0.39, 0.29) is 0 Å². The smallest absolute Gasteiger partial charge is 0.0361 e. The number of hydrogen-bond donors (Lipinski definition) is 0. The summed E-state index contributed by atoms with van der Waals surface area (Å²) in [5.41, 5.74) is 2.66. The Morgan fingerprint density at radius 2 is 0.885 bits per heavy atom. The van der Waals surface area contributed by atoms with Crippen LogP contribution in [0.15, 0.2) is 60.7 Å². The average molecular weight is 369 g/mol. The first-order valence-electron chi connectivity index (χ1n) is 8.86. The lowest BCUT2D eigenvalue weighted by Gasteiger charge is -2.04. The van der Waals surface area contributed by atoms with Crippen molar-refractivity contribution in [3.8, 4) is 0 Å². The van der Waals surface area contributed by atoms with Crippen molar-refractivity contribution in [3.05, 3.63) is 71.8 Å². The van der Waals surface area contributed by atoms with Crippen LogP contribution in [0.4, 0.5) is 0 Å². The van der Waals surface area contributed by atoms with E-state index >= 15 is 0 Å². The quantitative estimate of drug-likeness (QED) is 0.253. The van der Waals surface area contributed by atoms with E-state index in [0.717, 1.165) is 0 Å². The molecule has 2 heteroatoms. The summed E-state index contributed by atoms with van der Waals surface area (Å²) in [5, 5.41) is 8.36. The molecule has 0 N–H and O–H groups in total. The van der Waals surface area contributed by atoms with Gasteiger partial charge in [-0.3, -0.25) is 0 Å². The number of aryl methyl sites for hydroxylation is 2. The molecular formula is C24H16S2. The fourth-order valence-corrected chi connectivity index (χ4v) is 6.61. The van der Waals surface area contributed by atoms with E-state index in [0.29, 0.717) is 0 Å². The Bertz CT molecular complexity index is 1380. The molecule has 0 radical (unpaired) electrons. The molecule has 0 spiro atoms. The second kappa shape index (κ2) is 5.06. The Balaban J connectivity index is 1.87. The molecule has 0 bridgehead atoms. The van der Waals surface area contributed by atoms with Crippen LogP contribution in [-0.4, -0.2) is 0 Å². The highest BCUT2D eigenvalue weighted by atomic mass is 32.1. The molecule has 2 aromatic heterocycles. The maximum Gasteiger partial charge on any atom is 0.0361 e. The lowest BCUT2D eigenvalue weighted by atomic mass is 9.99. The fourth-order valence-electron chi connectivity index (χ4n) is 4.17. The Morgan fingerprint density at radius 3 is 1.35 bits per heavy atom. The van der Waals surface area contributed by atoms with Gasteiger partial charge in [0.05, 0.1) is 0 Å². The van der Waals surface area contributed by atoms with Gasteiger partial charge < -0.3 is 0 Å². The molecule has 6 aromatic rings. The van der Waals surface area contributed by atoms with Gasteiger partial charge in [-0.1, -0.05) is 36.4 Å². The molecule has 4 aromatic carbocycles. The normalized spacial score (nSPS) is 12.2. The van der Waals surface area contributed by atoms with Crippen LogP contribution < -0.4 is 0 Å².